The molecule has 0 unspecified atom stereocenters. The van der Waals surface area contributed by atoms with E-state index in [1.807, 2.05) is 77.9 Å². The monoisotopic (exact) mass is 489 g/mol. The summed E-state index contributed by atoms with van der Waals surface area (Å²) in [7, 11) is -3.29. The first-order valence-electron chi connectivity index (χ1n) is 11.7. The summed E-state index contributed by atoms with van der Waals surface area (Å²) in [6.07, 6.45) is 2.18. The number of nitrogens with one attached hydrogen (secondary N) is 2. The number of benzene rings is 2. The molecule has 0 amide bonds. The second-order valence-electron chi connectivity index (χ2n) is 6.13. The second-order valence-corrected chi connectivity index (χ2v) is 7.88. The molecule has 3 rings (SSSR count). The van der Waals surface area contributed by atoms with Crippen LogP contribution in [0.4, 0.5) is 0 Å². The zero-order chi connectivity index (χ0) is 27.0. The summed E-state index contributed by atoms with van der Waals surface area (Å²) in [5.74, 6) is 1.22. The lowest BCUT2D eigenvalue weighted by molar-refractivity contribution is -0.698. The summed E-state index contributed by atoms with van der Waals surface area (Å²) in [4.78, 5) is 3.36. The van der Waals surface area contributed by atoms with E-state index in [1.54, 1.807) is 4.72 Å². The molecule has 190 valence electrons. The van der Waals surface area contributed by atoms with Gasteiger partial charge in [0.05, 0.1) is 6.26 Å². The van der Waals surface area contributed by atoms with Crippen LogP contribution in [0.2, 0.25) is 0 Å². The van der Waals surface area contributed by atoms with Crippen molar-refractivity contribution >= 4 is 10.0 Å². The SMILES string of the molecule is CC.CC.CC.CS(=O)(=O)NC#N.Cc1[nH]c(C)[n+](Cc2ccccc2)c1C.c1ccccc1. The van der Waals surface area contributed by atoms with E-state index in [1.165, 1.54) is 29.0 Å². The zero-order valence-corrected chi connectivity index (χ0v) is 23.5. The van der Waals surface area contributed by atoms with Gasteiger partial charge >= 0.3 is 0 Å². The number of hydrogen-bond acceptors (Lipinski definition) is 3. The Hall–Kier alpha value is -3.11. The Kier molecular flexibility index (Phi) is 24.1. The van der Waals surface area contributed by atoms with Gasteiger partial charge in [-0.25, -0.2) is 22.7 Å². The Labute approximate surface area is 208 Å². The van der Waals surface area contributed by atoms with Crippen LogP contribution in [0.5, 0.6) is 0 Å². The number of aromatic amines is 1. The van der Waals surface area contributed by atoms with Crippen molar-refractivity contribution in [3.8, 4) is 6.19 Å². The van der Waals surface area contributed by atoms with E-state index < -0.39 is 10.0 Å². The van der Waals surface area contributed by atoms with Crippen molar-refractivity contribution in [1.82, 2.24) is 9.71 Å². The summed E-state index contributed by atoms with van der Waals surface area (Å²) in [5, 5.41) is 7.66. The van der Waals surface area contributed by atoms with Gasteiger partial charge in [-0.05, 0) is 5.56 Å². The smallest absolute Gasteiger partial charge is 0.245 e. The predicted octanol–water partition coefficient (Wildman–Crippen LogP) is 6.06. The lowest BCUT2D eigenvalue weighted by atomic mass is 10.2. The highest BCUT2D eigenvalue weighted by Crippen LogP contribution is 2.03. The Balaban J connectivity index is -0.000000425. The minimum absolute atomic E-state index is 0.913. The Bertz CT molecular complexity index is 952. The van der Waals surface area contributed by atoms with Gasteiger partial charge in [0.2, 0.25) is 10.0 Å². The number of aromatic nitrogens is 2. The third-order valence-electron chi connectivity index (χ3n) is 3.80. The number of rotatable bonds is 3. The molecule has 0 atom stereocenters. The largest absolute Gasteiger partial charge is 0.251 e. The summed E-state index contributed by atoms with van der Waals surface area (Å²) in [6.45, 7) is 19.3. The van der Waals surface area contributed by atoms with Crippen molar-refractivity contribution in [1.29, 1.82) is 5.26 Å². The molecule has 0 radical (unpaired) electrons. The second kappa shape index (κ2) is 23.1. The maximum absolute atomic E-state index is 9.90. The van der Waals surface area contributed by atoms with Crippen LogP contribution < -0.4 is 9.29 Å². The van der Waals surface area contributed by atoms with Crippen molar-refractivity contribution in [2.75, 3.05) is 6.26 Å². The van der Waals surface area contributed by atoms with Gasteiger partial charge in [0, 0.05) is 20.8 Å². The maximum Gasteiger partial charge on any atom is 0.251 e. The molecule has 2 N–H and O–H groups in total. The van der Waals surface area contributed by atoms with Crippen molar-refractivity contribution in [3.05, 3.63) is 89.5 Å². The first-order chi connectivity index (χ1) is 16.2. The lowest BCUT2D eigenvalue weighted by Crippen LogP contribution is -2.38. The van der Waals surface area contributed by atoms with Crippen LogP contribution in [-0.2, 0) is 16.6 Å². The first-order valence-corrected chi connectivity index (χ1v) is 13.6. The number of sulfonamides is 1. The minimum atomic E-state index is -3.29. The third kappa shape index (κ3) is 18.5. The number of aryl methyl sites for hydroxylation is 2. The standard InChI is InChI=1S/C13H16N2.C6H6.C2H4N2O2S.3C2H6/c1-10-11(2)15(12(3)14-10)9-13-7-5-4-6-8-13;1-2-4-6-5-3-1;1-7(5,6)4-2-3;3*1-2/h4-8H,9H2,1-3H3;1-6H;4H,1H3;3*1-2H3/p+1. The van der Waals surface area contributed by atoms with E-state index in [0.717, 1.165) is 12.8 Å². The normalized spacial score (nSPS) is 8.62. The van der Waals surface area contributed by atoms with Crippen LogP contribution in [0.15, 0.2) is 66.7 Å². The molecule has 6 nitrogen and oxygen atoms in total. The van der Waals surface area contributed by atoms with Crippen LogP contribution >= 0.6 is 0 Å². The molecule has 1 heterocycles. The molecular formula is C27H45N4O2S+. The molecule has 3 aromatic rings. The van der Waals surface area contributed by atoms with Gasteiger partial charge in [-0.1, -0.05) is 108 Å². The summed E-state index contributed by atoms with van der Waals surface area (Å²) in [5.41, 5.74) is 3.91. The van der Waals surface area contributed by atoms with E-state index in [0.29, 0.717) is 0 Å². The first kappa shape index (κ1) is 35.5. The maximum atomic E-state index is 9.90. The number of nitrogens with zero attached hydrogens (tertiary/aromatic N) is 2. The van der Waals surface area contributed by atoms with Crippen molar-refractivity contribution in [3.63, 3.8) is 0 Å². The third-order valence-corrected chi connectivity index (χ3v) is 4.26. The molecule has 0 saturated heterocycles. The van der Waals surface area contributed by atoms with Gasteiger partial charge in [-0.15, -0.1) is 0 Å². The molecule has 0 aliphatic rings. The van der Waals surface area contributed by atoms with Crippen molar-refractivity contribution < 1.29 is 13.0 Å². The fourth-order valence-corrected chi connectivity index (χ4v) is 2.52. The van der Waals surface area contributed by atoms with E-state index in [9.17, 15) is 8.42 Å². The number of nitriles is 1. The molecule has 7 heteroatoms. The lowest BCUT2D eigenvalue weighted by Gasteiger charge is -2.00. The topological polar surface area (TPSA) is 89.6 Å². The number of H-pyrrole nitrogens is 1. The summed E-state index contributed by atoms with van der Waals surface area (Å²) >= 11 is 0. The molecule has 0 fully saturated rings. The Morgan fingerprint density at radius 1 is 0.824 bits per heavy atom. The molecule has 34 heavy (non-hydrogen) atoms. The number of imidazole rings is 1. The summed E-state index contributed by atoms with van der Waals surface area (Å²) in [6, 6.07) is 22.5. The van der Waals surface area contributed by atoms with Crippen LogP contribution in [0.3, 0.4) is 0 Å². The van der Waals surface area contributed by atoms with Gasteiger partial charge in [0.25, 0.3) is 5.82 Å². The molecule has 2 aromatic carbocycles. The van der Waals surface area contributed by atoms with E-state index >= 15 is 0 Å². The number of hydrogen-bond donors (Lipinski definition) is 2. The molecule has 0 bridgehead atoms. The highest BCUT2D eigenvalue weighted by molar-refractivity contribution is 7.88. The van der Waals surface area contributed by atoms with Crippen LogP contribution in [0, 0.1) is 32.2 Å². The van der Waals surface area contributed by atoms with Crippen LogP contribution in [-0.4, -0.2) is 19.7 Å². The van der Waals surface area contributed by atoms with Crippen LogP contribution in [0.1, 0.15) is 64.3 Å². The van der Waals surface area contributed by atoms with E-state index in [2.05, 4.69) is 60.7 Å². The average Bonchev–Trinajstić information content (AvgIpc) is 3.10. The summed E-state index contributed by atoms with van der Waals surface area (Å²) < 4.78 is 23.7. The van der Waals surface area contributed by atoms with Crippen LogP contribution in [0.25, 0.3) is 0 Å². The van der Waals surface area contributed by atoms with Crippen molar-refractivity contribution in [2.24, 2.45) is 0 Å². The van der Waals surface area contributed by atoms with Gasteiger partial charge in [0.15, 0.2) is 6.19 Å². The van der Waals surface area contributed by atoms with Crippen molar-refractivity contribution in [2.45, 2.75) is 68.9 Å². The molecule has 1 aromatic heterocycles. The highest BCUT2D eigenvalue weighted by atomic mass is 32.2. The molecule has 0 aliphatic carbocycles. The zero-order valence-electron chi connectivity index (χ0n) is 22.7. The van der Waals surface area contributed by atoms with E-state index in [4.69, 9.17) is 5.26 Å². The Morgan fingerprint density at radius 3 is 1.47 bits per heavy atom. The average molecular weight is 490 g/mol. The predicted molar refractivity (Wildman–Crippen MR) is 145 cm³/mol. The Morgan fingerprint density at radius 2 is 1.21 bits per heavy atom. The molecular weight excluding hydrogens is 444 g/mol. The molecule has 0 spiro atoms. The van der Waals surface area contributed by atoms with Gasteiger partial charge in [0.1, 0.15) is 17.9 Å². The van der Waals surface area contributed by atoms with Gasteiger partial charge in [-0.3, -0.25) is 0 Å². The quantitative estimate of drug-likeness (QED) is 0.266. The fraction of sp³-hybridized carbons (Fsp3) is 0.407. The van der Waals surface area contributed by atoms with Gasteiger partial charge in [-0.2, -0.15) is 5.26 Å². The molecule has 0 saturated carbocycles. The molecule has 0 aliphatic heterocycles. The van der Waals surface area contributed by atoms with Gasteiger partial charge < -0.3 is 0 Å². The minimum Gasteiger partial charge on any atom is -0.245 e. The van der Waals surface area contributed by atoms with E-state index in [-0.39, 0.29) is 0 Å². The fourth-order valence-electron chi connectivity index (χ4n) is 2.35. The highest BCUT2D eigenvalue weighted by Gasteiger charge is 2.14.